The SMILES string of the molecule is Nc1ccc2c(c1Cl)OC[C@H]2N. The average molecular weight is 185 g/mol. The summed E-state index contributed by atoms with van der Waals surface area (Å²) in [4.78, 5) is 0. The predicted octanol–water partition coefficient (Wildman–Crippen LogP) is 1.31. The van der Waals surface area contributed by atoms with Gasteiger partial charge in [-0.05, 0) is 6.07 Å². The highest BCUT2D eigenvalue weighted by atomic mass is 35.5. The second kappa shape index (κ2) is 2.54. The summed E-state index contributed by atoms with van der Waals surface area (Å²) in [6, 6.07) is 3.53. The van der Waals surface area contributed by atoms with Gasteiger partial charge in [-0.25, -0.2) is 0 Å². The molecule has 0 aliphatic carbocycles. The summed E-state index contributed by atoms with van der Waals surface area (Å²) in [6.45, 7) is 0.485. The molecule has 4 N–H and O–H groups in total. The van der Waals surface area contributed by atoms with E-state index >= 15 is 0 Å². The molecule has 0 bridgehead atoms. The third kappa shape index (κ3) is 0.940. The molecule has 64 valence electrons. The van der Waals surface area contributed by atoms with Crippen molar-refractivity contribution < 1.29 is 4.74 Å². The minimum Gasteiger partial charge on any atom is -0.490 e. The predicted molar refractivity (Wildman–Crippen MR) is 48.3 cm³/mol. The van der Waals surface area contributed by atoms with Gasteiger partial charge >= 0.3 is 0 Å². The minimum absolute atomic E-state index is 0.0712. The Morgan fingerprint density at radius 3 is 3.00 bits per heavy atom. The van der Waals surface area contributed by atoms with Gasteiger partial charge in [0.05, 0.1) is 11.7 Å². The van der Waals surface area contributed by atoms with Gasteiger partial charge in [0.2, 0.25) is 0 Å². The molecule has 1 aromatic rings. The van der Waals surface area contributed by atoms with Crippen molar-refractivity contribution in [3.05, 3.63) is 22.7 Å². The molecular weight excluding hydrogens is 176 g/mol. The summed E-state index contributed by atoms with van der Waals surface area (Å²) >= 11 is 5.90. The molecule has 0 amide bonds. The summed E-state index contributed by atoms with van der Waals surface area (Å²) < 4.78 is 5.29. The topological polar surface area (TPSA) is 61.3 Å². The number of fused-ring (bicyclic) bond motifs is 1. The van der Waals surface area contributed by atoms with E-state index in [1.807, 2.05) is 6.07 Å². The van der Waals surface area contributed by atoms with Crippen molar-refractivity contribution >= 4 is 17.3 Å². The quantitative estimate of drug-likeness (QED) is 0.598. The lowest BCUT2D eigenvalue weighted by Crippen LogP contribution is -2.10. The van der Waals surface area contributed by atoms with E-state index in [9.17, 15) is 0 Å². The zero-order valence-corrected chi connectivity index (χ0v) is 7.14. The Morgan fingerprint density at radius 1 is 1.50 bits per heavy atom. The highest BCUT2D eigenvalue weighted by Crippen LogP contribution is 2.40. The van der Waals surface area contributed by atoms with Crippen LogP contribution in [0.3, 0.4) is 0 Å². The number of halogens is 1. The number of nitrogen functional groups attached to an aromatic ring is 1. The molecule has 1 aliphatic heterocycles. The molecule has 0 fully saturated rings. The van der Waals surface area contributed by atoms with Crippen molar-refractivity contribution in [3.63, 3.8) is 0 Å². The van der Waals surface area contributed by atoms with Crippen LogP contribution in [-0.4, -0.2) is 6.61 Å². The first-order valence-corrected chi connectivity index (χ1v) is 4.04. The molecule has 0 saturated carbocycles. The van der Waals surface area contributed by atoms with Crippen LogP contribution >= 0.6 is 11.6 Å². The number of ether oxygens (including phenoxy) is 1. The molecule has 0 saturated heterocycles. The second-order valence-electron chi connectivity index (χ2n) is 2.80. The molecule has 2 rings (SSSR count). The van der Waals surface area contributed by atoms with Gasteiger partial charge < -0.3 is 16.2 Å². The molecule has 12 heavy (non-hydrogen) atoms. The highest BCUT2D eigenvalue weighted by Gasteiger charge is 2.23. The van der Waals surface area contributed by atoms with Gasteiger partial charge in [-0.15, -0.1) is 0 Å². The van der Waals surface area contributed by atoms with E-state index in [0.717, 1.165) is 5.56 Å². The maximum atomic E-state index is 5.90. The van der Waals surface area contributed by atoms with Gasteiger partial charge in [-0.3, -0.25) is 0 Å². The Morgan fingerprint density at radius 2 is 2.25 bits per heavy atom. The van der Waals surface area contributed by atoms with Crippen LogP contribution in [-0.2, 0) is 0 Å². The van der Waals surface area contributed by atoms with E-state index < -0.39 is 0 Å². The van der Waals surface area contributed by atoms with E-state index in [0.29, 0.717) is 23.1 Å². The van der Waals surface area contributed by atoms with Gasteiger partial charge in [0, 0.05) is 5.56 Å². The van der Waals surface area contributed by atoms with E-state index in [2.05, 4.69) is 0 Å². The Balaban J connectivity index is 2.60. The molecule has 1 aliphatic rings. The zero-order chi connectivity index (χ0) is 8.72. The number of hydrogen-bond acceptors (Lipinski definition) is 3. The van der Waals surface area contributed by atoms with Gasteiger partial charge in [0.15, 0.2) is 0 Å². The average Bonchev–Trinajstić information content (AvgIpc) is 2.41. The number of anilines is 1. The standard InChI is InChI=1S/C8H9ClN2O/c9-7-5(10)2-1-4-6(11)3-12-8(4)7/h1-2,6H,3,10-11H2/t6-/m1/s1. The van der Waals surface area contributed by atoms with Crippen molar-refractivity contribution in [2.24, 2.45) is 5.73 Å². The fourth-order valence-corrected chi connectivity index (χ4v) is 1.51. The highest BCUT2D eigenvalue weighted by molar-refractivity contribution is 6.34. The fourth-order valence-electron chi connectivity index (χ4n) is 1.29. The van der Waals surface area contributed by atoms with Crippen LogP contribution < -0.4 is 16.2 Å². The van der Waals surface area contributed by atoms with Crippen molar-refractivity contribution in [1.29, 1.82) is 0 Å². The van der Waals surface area contributed by atoms with Gasteiger partial charge in [0.25, 0.3) is 0 Å². The zero-order valence-electron chi connectivity index (χ0n) is 6.38. The number of benzene rings is 1. The van der Waals surface area contributed by atoms with Crippen LogP contribution in [0.4, 0.5) is 5.69 Å². The Hall–Kier alpha value is -0.930. The number of rotatable bonds is 0. The van der Waals surface area contributed by atoms with Crippen molar-refractivity contribution in [1.82, 2.24) is 0 Å². The molecule has 0 aromatic heterocycles. The first-order valence-electron chi connectivity index (χ1n) is 3.66. The lowest BCUT2D eigenvalue weighted by atomic mass is 10.1. The summed E-state index contributed by atoms with van der Waals surface area (Å²) in [6.07, 6.45) is 0. The molecule has 1 heterocycles. The number of hydrogen-bond donors (Lipinski definition) is 2. The Labute approximate surface area is 75.3 Å². The van der Waals surface area contributed by atoms with Crippen LogP contribution in [0.15, 0.2) is 12.1 Å². The van der Waals surface area contributed by atoms with Crippen LogP contribution in [0.1, 0.15) is 11.6 Å². The smallest absolute Gasteiger partial charge is 0.144 e. The van der Waals surface area contributed by atoms with E-state index in [1.165, 1.54) is 0 Å². The van der Waals surface area contributed by atoms with Crippen molar-refractivity contribution in [3.8, 4) is 5.75 Å². The molecule has 0 spiro atoms. The molecule has 3 nitrogen and oxygen atoms in total. The lowest BCUT2D eigenvalue weighted by molar-refractivity contribution is 0.333. The van der Waals surface area contributed by atoms with Crippen LogP contribution in [0.2, 0.25) is 5.02 Å². The Kier molecular flexibility index (Phi) is 1.63. The molecule has 0 unspecified atom stereocenters. The maximum absolute atomic E-state index is 5.90. The van der Waals surface area contributed by atoms with E-state index in [1.54, 1.807) is 6.07 Å². The molecule has 1 atom stereocenters. The van der Waals surface area contributed by atoms with Gasteiger partial charge in [-0.1, -0.05) is 17.7 Å². The molecule has 4 heteroatoms. The second-order valence-corrected chi connectivity index (χ2v) is 3.18. The third-order valence-electron chi connectivity index (χ3n) is 1.96. The van der Waals surface area contributed by atoms with Gasteiger partial charge in [-0.2, -0.15) is 0 Å². The Bertz CT molecular complexity index is 327. The first kappa shape index (κ1) is 7.71. The van der Waals surface area contributed by atoms with Gasteiger partial charge in [0.1, 0.15) is 17.4 Å². The van der Waals surface area contributed by atoms with Crippen LogP contribution in [0, 0.1) is 0 Å². The monoisotopic (exact) mass is 184 g/mol. The third-order valence-corrected chi connectivity index (χ3v) is 2.35. The minimum atomic E-state index is -0.0712. The largest absolute Gasteiger partial charge is 0.490 e. The summed E-state index contributed by atoms with van der Waals surface area (Å²) in [7, 11) is 0. The summed E-state index contributed by atoms with van der Waals surface area (Å²) in [5, 5.41) is 0.473. The van der Waals surface area contributed by atoms with Crippen molar-refractivity contribution in [2.75, 3.05) is 12.3 Å². The van der Waals surface area contributed by atoms with Crippen molar-refractivity contribution in [2.45, 2.75) is 6.04 Å². The first-order chi connectivity index (χ1) is 5.70. The van der Waals surface area contributed by atoms with Crippen LogP contribution in [0.25, 0.3) is 0 Å². The fraction of sp³-hybridized carbons (Fsp3) is 0.250. The molecular formula is C8H9ClN2O. The normalized spacial score (nSPS) is 20.3. The van der Waals surface area contributed by atoms with E-state index in [-0.39, 0.29) is 6.04 Å². The summed E-state index contributed by atoms with van der Waals surface area (Å²) in [5.41, 5.74) is 12.8. The van der Waals surface area contributed by atoms with Crippen LogP contribution in [0.5, 0.6) is 5.75 Å². The van der Waals surface area contributed by atoms with E-state index in [4.69, 9.17) is 27.8 Å². The lowest BCUT2D eigenvalue weighted by Gasteiger charge is -2.04. The maximum Gasteiger partial charge on any atom is 0.144 e. The summed E-state index contributed by atoms with van der Waals surface area (Å²) in [5.74, 6) is 0.643. The molecule has 1 aromatic carbocycles. The number of nitrogens with two attached hydrogens (primary N) is 2. The molecule has 0 radical (unpaired) electrons.